The molecule has 2 aromatic heterocycles. The molecule has 0 spiro atoms. The standard InChI is InChI=1S/C15H18N4O2/c1-18(15(21)12-7-13(20)9-16-8-12)10-11-2-4-19-5-3-17-14(19)6-11/h3,5,7-9,11,20H,2,4,6,10H2,1H3/t11-/m1/s1. The van der Waals surface area contributed by atoms with Crippen molar-refractivity contribution in [1.29, 1.82) is 0 Å². The van der Waals surface area contributed by atoms with E-state index < -0.39 is 0 Å². The predicted octanol–water partition coefficient (Wildman–Crippen LogP) is 1.32. The highest BCUT2D eigenvalue weighted by Gasteiger charge is 2.22. The van der Waals surface area contributed by atoms with Gasteiger partial charge in [0.1, 0.15) is 11.6 Å². The molecule has 1 amide bonds. The fourth-order valence-corrected chi connectivity index (χ4v) is 2.81. The summed E-state index contributed by atoms with van der Waals surface area (Å²) in [5, 5.41) is 9.41. The molecule has 6 heteroatoms. The van der Waals surface area contributed by atoms with Gasteiger partial charge in [0.2, 0.25) is 0 Å². The Labute approximate surface area is 123 Å². The third-order valence-electron chi connectivity index (χ3n) is 3.90. The smallest absolute Gasteiger partial charge is 0.255 e. The number of rotatable bonds is 3. The first-order valence-electron chi connectivity index (χ1n) is 7.03. The normalized spacial score (nSPS) is 17.3. The summed E-state index contributed by atoms with van der Waals surface area (Å²) < 4.78 is 2.16. The van der Waals surface area contributed by atoms with Gasteiger partial charge in [-0.15, -0.1) is 0 Å². The van der Waals surface area contributed by atoms with Crippen LogP contribution in [0, 0.1) is 5.92 Å². The largest absolute Gasteiger partial charge is 0.506 e. The maximum absolute atomic E-state index is 12.3. The number of aromatic nitrogens is 3. The Morgan fingerprint density at radius 3 is 3.19 bits per heavy atom. The van der Waals surface area contributed by atoms with Crippen molar-refractivity contribution in [3.05, 3.63) is 42.2 Å². The van der Waals surface area contributed by atoms with Crippen LogP contribution in [0.15, 0.2) is 30.9 Å². The lowest BCUT2D eigenvalue weighted by atomic mass is 9.97. The highest BCUT2D eigenvalue weighted by molar-refractivity contribution is 5.94. The van der Waals surface area contributed by atoms with Gasteiger partial charge in [-0.25, -0.2) is 4.98 Å². The fraction of sp³-hybridized carbons (Fsp3) is 0.400. The van der Waals surface area contributed by atoms with Crippen LogP contribution in [0.5, 0.6) is 5.75 Å². The number of pyridine rings is 1. The molecule has 0 aliphatic carbocycles. The Kier molecular flexibility index (Phi) is 3.60. The van der Waals surface area contributed by atoms with Crippen LogP contribution in [0.25, 0.3) is 0 Å². The summed E-state index contributed by atoms with van der Waals surface area (Å²) in [7, 11) is 1.79. The first kappa shape index (κ1) is 13.6. The molecule has 0 fully saturated rings. The van der Waals surface area contributed by atoms with E-state index in [0.717, 1.165) is 25.2 Å². The monoisotopic (exact) mass is 286 g/mol. The molecule has 0 unspecified atom stereocenters. The van der Waals surface area contributed by atoms with E-state index in [1.807, 2.05) is 12.4 Å². The van der Waals surface area contributed by atoms with Crippen LogP contribution in [0.3, 0.4) is 0 Å². The van der Waals surface area contributed by atoms with E-state index in [0.29, 0.717) is 18.0 Å². The van der Waals surface area contributed by atoms with Gasteiger partial charge in [-0.2, -0.15) is 0 Å². The van der Waals surface area contributed by atoms with Crippen LogP contribution >= 0.6 is 0 Å². The summed E-state index contributed by atoms with van der Waals surface area (Å²) in [5.41, 5.74) is 0.412. The van der Waals surface area contributed by atoms with Crippen molar-refractivity contribution in [2.75, 3.05) is 13.6 Å². The average molecular weight is 286 g/mol. The Hall–Kier alpha value is -2.37. The minimum Gasteiger partial charge on any atom is -0.506 e. The van der Waals surface area contributed by atoms with Gasteiger partial charge in [-0.05, 0) is 18.4 Å². The number of carbonyl (C=O) groups is 1. The van der Waals surface area contributed by atoms with Gasteiger partial charge in [0.15, 0.2) is 0 Å². The second-order valence-corrected chi connectivity index (χ2v) is 5.51. The molecule has 3 rings (SSSR count). The van der Waals surface area contributed by atoms with Crippen molar-refractivity contribution in [2.45, 2.75) is 19.4 Å². The van der Waals surface area contributed by atoms with Gasteiger partial charge >= 0.3 is 0 Å². The van der Waals surface area contributed by atoms with Gasteiger partial charge in [-0.3, -0.25) is 9.78 Å². The van der Waals surface area contributed by atoms with Crippen molar-refractivity contribution in [2.24, 2.45) is 5.92 Å². The van der Waals surface area contributed by atoms with Crippen LogP contribution in [0.4, 0.5) is 0 Å². The third kappa shape index (κ3) is 2.89. The van der Waals surface area contributed by atoms with Gasteiger partial charge in [-0.1, -0.05) is 0 Å². The number of nitrogens with zero attached hydrogens (tertiary/aromatic N) is 4. The summed E-state index contributed by atoms with van der Waals surface area (Å²) in [6.45, 7) is 1.64. The van der Waals surface area contributed by atoms with Crippen LogP contribution < -0.4 is 0 Å². The van der Waals surface area contributed by atoms with E-state index in [4.69, 9.17) is 0 Å². The lowest BCUT2D eigenvalue weighted by Gasteiger charge is -2.27. The molecule has 2 aromatic rings. The van der Waals surface area contributed by atoms with Crippen molar-refractivity contribution in [1.82, 2.24) is 19.4 Å². The lowest BCUT2D eigenvalue weighted by molar-refractivity contribution is 0.0763. The van der Waals surface area contributed by atoms with E-state index in [1.54, 1.807) is 11.9 Å². The second-order valence-electron chi connectivity index (χ2n) is 5.51. The van der Waals surface area contributed by atoms with Crippen LogP contribution in [-0.4, -0.2) is 44.0 Å². The molecule has 0 saturated heterocycles. The zero-order chi connectivity index (χ0) is 14.8. The molecule has 1 atom stereocenters. The first-order valence-corrected chi connectivity index (χ1v) is 7.03. The summed E-state index contributed by atoms with van der Waals surface area (Å²) in [5.74, 6) is 1.39. The summed E-state index contributed by atoms with van der Waals surface area (Å²) in [6.07, 6.45) is 8.55. The molecule has 1 N–H and O–H groups in total. The Morgan fingerprint density at radius 1 is 1.52 bits per heavy atom. The number of hydrogen-bond acceptors (Lipinski definition) is 4. The van der Waals surface area contributed by atoms with Gasteiger partial charge in [0.25, 0.3) is 5.91 Å². The molecule has 3 heterocycles. The molecule has 0 aromatic carbocycles. The zero-order valence-corrected chi connectivity index (χ0v) is 11.9. The van der Waals surface area contributed by atoms with Gasteiger partial charge in [0.05, 0.1) is 11.8 Å². The average Bonchev–Trinajstić information content (AvgIpc) is 2.94. The van der Waals surface area contributed by atoms with E-state index in [1.165, 1.54) is 18.5 Å². The van der Waals surface area contributed by atoms with Crippen molar-refractivity contribution in [3.8, 4) is 5.75 Å². The minimum absolute atomic E-state index is 0.00828. The minimum atomic E-state index is -0.118. The number of fused-ring (bicyclic) bond motifs is 1. The van der Waals surface area contributed by atoms with Crippen molar-refractivity contribution in [3.63, 3.8) is 0 Å². The maximum Gasteiger partial charge on any atom is 0.255 e. The summed E-state index contributed by atoms with van der Waals surface area (Å²) in [4.78, 5) is 22.2. The molecule has 6 nitrogen and oxygen atoms in total. The first-order chi connectivity index (χ1) is 10.1. The summed E-state index contributed by atoms with van der Waals surface area (Å²) in [6, 6.07) is 1.44. The molecule has 1 aliphatic heterocycles. The number of carbonyl (C=O) groups excluding carboxylic acids is 1. The Bertz CT molecular complexity index is 653. The van der Waals surface area contributed by atoms with Crippen LogP contribution in [0.2, 0.25) is 0 Å². The summed E-state index contributed by atoms with van der Waals surface area (Å²) >= 11 is 0. The fourth-order valence-electron chi connectivity index (χ4n) is 2.81. The molecule has 1 aliphatic rings. The SMILES string of the molecule is CN(C[C@@H]1CCn2ccnc2C1)C(=O)c1cncc(O)c1. The van der Waals surface area contributed by atoms with Gasteiger partial charge < -0.3 is 14.6 Å². The molecule has 110 valence electrons. The predicted molar refractivity (Wildman–Crippen MR) is 76.9 cm³/mol. The number of amides is 1. The van der Waals surface area contributed by atoms with E-state index in [2.05, 4.69) is 14.5 Å². The van der Waals surface area contributed by atoms with E-state index >= 15 is 0 Å². The van der Waals surface area contributed by atoms with Crippen LogP contribution in [0.1, 0.15) is 22.6 Å². The topological polar surface area (TPSA) is 71.2 Å². The molecule has 0 saturated carbocycles. The highest BCUT2D eigenvalue weighted by atomic mass is 16.3. The lowest BCUT2D eigenvalue weighted by Crippen LogP contribution is -2.35. The number of hydrogen-bond donors (Lipinski definition) is 1. The Morgan fingerprint density at radius 2 is 2.38 bits per heavy atom. The van der Waals surface area contributed by atoms with E-state index in [-0.39, 0.29) is 11.7 Å². The van der Waals surface area contributed by atoms with Crippen molar-refractivity contribution < 1.29 is 9.90 Å². The quantitative estimate of drug-likeness (QED) is 0.923. The molecular weight excluding hydrogens is 268 g/mol. The van der Waals surface area contributed by atoms with Crippen molar-refractivity contribution >= 4 is 5.91 Å². The van der Waals surface area contributed by atoms with Gasteiger partial charge in [0, 0.05) is 45.1 Å². The van der Waals surface area contributed by atoms with E-state index in [9.17, 15) is 9.90 Å². The number of aryl methyl sites for hydroxylation is 1. The molecule has 0 radical (unpaired) electrons. The maximum atomic E-state index is 12.3. The zero-order valence-electron chi connectivity index (χ0n) is 11.9. The molecule has 21 heavy (non-hydrogen) atoms. The molecular formula is C15H18N4O2. The highest BCUT2D eigenvalue weighted by Crippen LogP contribution is 2.20. The third-order valence-corrected chi connectivity index (χ3v) is 3.90. The molecule has 0 bridgehead atoms. The number of aromatic hydroxyl groups is 1. The number of imidazole rings is 1. The Balaban J connectivity index is 1.64. The van der Waals surface area contributed by atoms with Crippen LogP contribution in [-0.2, 0) is 13.0 Å². The second kappa shape index (κ2) is 5.55.